The normalized spacial score (nSPS) is 19.5. The van der Waals surface area contributed by atoms with Gasteiger partial charge in [0.2, 0.25) is 0 Å². The SMILES string of the molecule is O=C1C=CC(CCCSc2ccccc2)CC1. The number of allylic oxidation sites excluding steroid dienone is 2. The van der Waals surface area contributed by atoms with Gasteiger partial charge in [0, 0.05) is 11.3 Å². The lowest BCUT2D eigenvalue weighted by Gasteiger charge is -2.14. The Bertz CT molecular complexity index is 383. The molecule has 1 aromatic rings. The van der Waals surface area contributed by atoms with E-state index in [4.69, 9.17) is 0 Å². The van der Waals surface area contributed by atoms with E-state index in [1.54, 1.807) is 6.08 Å². The van der Waals surface area contributed by atoms with Crippen molar-refractivity contribution in [2.75, 3.05) is 5.75 Å². The molecular formula is C15H18OS. The molecule has 17 heavy (non-hydrogen) atoms. The summed E-state index contributed by atoms with van der Waals surface area (Å²) in [4.78, 5) is 12.4. The maximum atomic E-state index is 11.0. The summed E-state index contributed by atoms with van der Waals surface area (Å²) in [6.07, 6.45) is 8.09. The molecule has 0 amide bonds. The quantitative estimate of drug-likeness (QED) is 0.575. The maximum Gasteiger partial charge on any atom is 0.155 e. The van der Waals surface area contributed by atoms with Crippen LogP contribution < -0.4 is 0 Å². The van der Waals surface area contributed by atoms with Gasteiger partial charge in [-0.3, -0.25) is 4.79 Å². The van der Waals surface area contributed by atoms with Crippen LogP contribution in [0.3, 0.4) is 0 Å². The summed E-state index contributed by atoms with van der Waals surface area (Å²) in [6, 6.07) is 10.5. The summed E-state index contributed by atoms with van der Waals surface area (Å²) in [6.45, 7) is 0. The van der Waals surface area contributed by atoms with Crippen LogP contribution in [0.4, 0.5) is 0 Å². The summed E-state index contributed by atoms with van der Waals surface area (Å²) in [7, 11) is 0. The molecule has 1 atom stereocenters. The van der Waals surface area contributed by atoms with E-state index in [1.165, 1.54) is 23.5 Å². The Morgan fingerprint density at radius 3 is 2.76 bits per heavy atom. The van der Waals surface area contributed by atoms with Crippen LogP contribution in [0.2, 0.25) is 0 Å². The second-order valence-corrected chi connectivity index (χ2v) is 5.60. The van der Waals surface area contributed by atoms with Gasteiger partial charge in [0.15, 0.2) is 5.78 Å². The molecule has 90 valence electrons. The van der Waals surface area contributed by atoms with E-state index in [9.17, 15) is 4.79 Å². The zero-order valence-corrected chi connectivity index (χ0v) is 10.8. The van der Waals surface area contributed by atoms with Gasteiger partial charge in [-0.15, -0.1) is 11.8 Å². The number of carbonyl (C=O) groups is 1. The van der Waals surface area contributed by atoms with Crippen LogP contribution in [0.25, 0.3) is 0 Å². The summed E-state index contributed by atoms with van der Waals surface area (Å²) >= 11 is 1.92. The molecule has 1 nitrogen and oxygen atoms in total. The highest BCUT2D eigenvalue weighted by molar-refractivity contribution is 7.99. The first-order valence-corrected chi connectivity index (χ1v) is 7.22. The highest BCUT2D eigenvalue weighted by Crippen LogP contribution is 2.23. The zero-order valence-electron chi connectivity index (χ0n) is 9.97. The highest BCUT2D eigenvalue weighted by atomic mass is 32.2. The molecule has 0 spiro atoms. The molecule has 0 N–H and O–H groups in total. The van der Waals surface area contributed by atoms with Gasteiger partial charge in [0.25, 0.3) is 0 Å². The molecule has 0 saturated carbocycles. The van der Waals surface area contributed by atoms with Crippen molar-refractivity contribution in [3.8, 4) is 0 Å². The van der Waals surface area contributed by atoms with E-state index in [2.05, 4.69) is 30.3 Å². The van der Waals surface area contributed by atoms with Crippen LogP contribution >= 0.6 is 11.8 Å². The predicted molar refractivity (Wildman–Crippen MR) is 73.3 cm³/mol. The van der Waals surface area contributed by atoms with Crippen molar-refractivity contribution in [1.82, 2.24) is 0 Å². The van der Waals surface area contributed by atoms with Crippen LogP contribution in [-0.2, 0) is 4.79 Å². The smallest absolute Gasteiger partial charge is 0.155 e. The van der Waals surface area contributed by atoms with E-state index in [-0.39, 0.29) is 0 Å². The van der Waals surface area contributed by atoms with Crippen molar-refractivity contribution in [3.05, 3.63) is 42.5 Å². The van der Waals surface area contributed by atoms with Crippen molar-refractivity contribution in [1.29, 1.82) is 0 Å². The second-order valence-electron chi connectivity index (χ2n) is 4.43. The fourth-order valence-electron chi connectivity index (χ4n) is 2.04. The third-order valence-electron chi connectivity index (χ3n) is 3.05. The van der Waals surface area contributed by atoms with E-state index in [0.29, 0.717) is 11.7 Å². The van der Waals surface area contributed by atoms with Crippen molar-refractivity contribution >= 4 is 17.5 Å². The minimum Gasteiger partial charge on any atom is -0.295 e. The summed E-state index contributed by atoms with van der Waals surface area (Å²) in [5.74, 6) is 2.09. The van der Waals surface area contributed by atoms with Crippen LogP contribution in [0.5, 0.6) is 0 Å². The monoisotopic (exact) mass is 246 g/mol. The number of carbonyl (C=O) groups excluding carboxylic acids is 1. The third kappa shape index (κ3) is 4.39. The molecule has 0 radical (unpaired) electrons. The topological polar surface area (TPSA) is 17.1 Å². The van der Waals surface area contributed by atoms with Gasteiger partial charge in [-0.2, -0.15) is 0 Å². The Balaban J connectivity index is 1.64. The molecule has 0 bridgehead atoms. The van der Waals surface area contributed by atoms with Crippen molar-refractivity contribution in [3.63, 3.8) is 0 Å². The number of thioether (sulfide) groups is 1. The van der Waals surface area contributed by atoms with Crippen molar-refractivity contribution < 1.29 is 4.79 Å². The van der Waals surface area contributed by atoms with Crippen LogP contribution in [0.15, 0.2) is 47.4 Å². The van der Waals surface area contributed by atoms with Gasteiger partial charge in [0.1, 0.15) is 0 Å². The zero-order chi connectivity index (χ0) is 11.9. The standard InChI is InChI=1S/C15H18OS/c16-14-10-8-13(9-11-14)5-4-12-17-15-6-2-1-3-7-15/h1-3,6-8,10,13H,4-5,9,11-12H2. The molecular weight excluding hydrogens is 228 g/mol. The second kappa shape index (κ2) is 6.65. The third-order valence-corrected chi connectivity index (χ3v) is 4.15. The largest absolute Gasteiger partial charge is 0.295 e. The van der Waals surface area contributed by atoms with E-state index in [1.807, 2.05) is 17.8 Å². The average molecular weight is 246 g/mol. The molecule has 1 unspecified atom stereocenters. The van der Waals surface area contributed by atoms with Gasteiger partial charge in [-0.05, 0) is 49.1 Å². The highest BCUT2D eigenvalue weighted by Gasteiger charge is 2.12. The molecule has 1 aliphatic rings. The first-order valence-electron chi connectivity index (χ1n) is 6.23. The number of ketones is 1. The van der Waals surface area contributed by atoms with Gasteiger partial charge >= 0.3 is 0 Å². The maximum absolute atomic E-state index is 11.0. The fourth-order valence-corrected chi connectivity index (χ4v) is 2.94. The Morgan fingerprint density at radius 1 is 1.24 bits per heavy atom. The van der Waals surface area contributed by atoms with Gasteiger partial charge in [-0.1, -0.05) is 24.3 Å². The number of rotatable bonds is 5. The summed E-state index contributed by atoms with van der Waals surface area (Å²) in [5, 5.41) is 0. The fraction of sp³-hybridized carbons (Fsp3) is 0.400. The lowest BCUT2D eigenvalue weighted by Crippen LogP contribution is -2.07. The molecule has 1 aliphatic carbocycles. The van der Waals surface area contributed by atoms with E-state index < -0.39 is 0 Å². The van der Waals surface area contributed by atoms with Crippen LogP contribution in [-0.4, -0.2) is 11.5 Å². The molecule has 2 heteroatoms. The summed E-state index contributed by atoms with van der Waals surface area (Å²) in [5.41, 5.74) is 0. The molecule has 1 aromatic carbocycles. The van der Waals surface area contributed by atoms with Gasteiger partial charge < -0.3 is 0 Å². The number of benzene rings is 1. The molecule has 0 saturated heterocycles. The van der Waals surface area contributed by atoms with Gasteiger partial charge in [0.05, 0.1) is 0 Å². The first-order chi connectivity index (χ1) is 8.34. The van der Waals surface area contributed by atoms with Crippen LogP contribution in [0, 0.1) is 5.92 Å². The minimum atomic E-state index is 0.292. The Kier molecular flexibility index (Phi) is 4.87. The molecule has 0 aliphatic heterocycles. The van der Waals surface area contributed by atoms with E-state index in [0.717, 1.165) is 12.8 Å². The van der Waals surface area contributed by atoms with Crippen LogP contribution in [0.1, 0.15) is 25.7 Å². The van der Waals surface area contributed by atoms with Crippen molar-refractivity contribution in [2.45, 2.75) is 30.6 Å². The predicted octanol–water partition coefficient (Wildman–Crippen LogP) is 4.09. The molecule has 0 fully saturated rings. The minimum absolute atomic E-state index is 0.292. The molecule has 0 heterocycles. The molecule has 0 aromatic heterocycles. The lowest BCUT2D eigenvalue weighted by atomic mass is 9.92. The number of hydrogen-bond donors (Lipinski definition) is 0. The summed E-state index contributed by atoms with van der Waals surface area (Å²) < 4.78 is 0. The Morgan fingerprint density at radius 2 is 2.06 bits per heavy atom. The first kappa shape index (κ1) is 12.4. The lowest BCUT2D eigenvalue weighted by molar-refractivity contribution is -0.115. The Hall–Kier alpha value is -1.02. The van der Waals surface area contributed by atoms with E-state index >= 15 is 0 Å². The Labute approximate surface area is 107 Å². The average Bonchev–Trinajstić information content (AvgIpc) is 2.38. The number of hydrogen-bond acceptors (Lipinski definition) is 2. The van der Waals surface area contributed by atoms with Gasteiger partial charge in [-0.25, -0.2) is 0 Å². The van der Waals surface area contributed by atoms with Crippen molar-refractivity contribution in [2.24, 2.45) is 5.92 Å². The molecule has 2 rings (SSSR count).